The van der Waals surface area contributed by atoms with Gasteiger partial charge < -0.3 is 0 Å². The fourth-order valence-electron chi connectivity index (χ4n) is 3.37. The third-order valence-electron chi connectivity index (χ3n) is 5.07. The molecule has 4 aromatic rings. The van der Waals surface area contributed by atoms with Crippen LogP contribution >= 0.6 is 11.3 Å². The summed E-state index contributed by atoms with van der Waals surface area (Å²) in [6.45, 7) is 1.90. The molecule has 0 atom stereocenters. The Kier molecular flexibility index (Phi) is 6.16. The number of nitrogens with one attached hydrogen (secondary N) is 1. The molecule has 7 nitrogen and oxygen atoms in total. The maximum atomic E-state index is 13.3. The number of aryl methyl sites for hydroxylation is 1. The first-order valence-electron chi connectivity index (χ1n) is 10.1. The Labute approximate surface area is 195 Å². The van der Waals surface area contributed by atoms with Crippen LogP contribution in [0.25, 0.3) is 10.9 Å². The summed E-state index contributed by atoms with van der Waals surface area (Å²) in [4.78, 5) is 24.0. The van der Waals surface area contributed by atoms with Gasteiger partial charge in [-0.05, 0) is 0 Å². The van der Waals surface area contributed by atoms with Crippen LogP contribution in [0.3, 0.4) is 0 Å². The minimum atomic E-state index is -3.87. The molecule has 0 bridgehead atoms. The number of hydrogen-bond acceptors (Lipinski definition) is 6. The third-order valence-corrected chi connectivity index (χ3v) is 13.3. The number of carbonyl (C=O) groups excluding carboxylic acids is 1. The predicted molar refractivity (Wildman–Crippen MR) is 131 cm³/mol. The summed E-state index contributed by atoms with van der Waals surface area (Å²) in [6.07, 6.45) is 1.66. The topological polar surface area (TPSA) is 93.9 Å². The number of thiazole rings is 1. The second-order valence-electron chi connectivity index (χ2n) is 8.60. The van der Waals surface area contributed by atoms with Crippen LogP contribution < -0.4 is 8.90 Å². The first-order chi connectivity index (χ1) is 15.1. The summed E-state index contributed by atoms with van der Waals surface area (Å²) in [5.74, 6) is -0.198. The normalized spacial score (nSPS) is 12.2. The molecule has 0 aliphatic rings. The molecule has 0 fully saturated rings. The van der Waals surface area contributed by atoms with Crippen molar-refractivity contribution in [1.82, 2.24) is 14.2 Å². The van der Waals surface area contributed by atoms with Gasteiger partial charge in [0.25, 0.3) is 0 Å². The number of hydrogen-bond donors (Lipinski definition) is 1. The quantitative estimate of drug-likeness (QED) is 0.354. The second kappa shape index (κ2) is 8.60. The van der Waals surface area contributed by atoms with Crippen LogP contribution in [0.15, 0.2) is 58.9 Å². The third kappa shape index (κ3) is 4.60. The number of anilines is 1. The van der Waals surface area contributed by atoms with E-state index in [0.29, 0.717) is 16.6 Å². The maximum absolute atomic E-state index is 13.3. The molecule has 2 aromatic carbocycles. The van der Waals surface area contributed by atoms with Crippen molar-refractivity contribution in [1.29, 1.82) is 0 Å². The SMILES string of the molecule is Cc1nc(CC(=O)Nc2c[c]([Sn]([CH3])([CH3])[CH3])cc3c2cnn3S(=O)(=O)c2ccccc2)cs1. The van der Waals surface area contributed by atoms with Gasteiger partial charge >= 0.3 is 196 Å². The van der Waals surface area contributed by atoms with Crippen LogP contribution in [0.4, 0.5) is 5.69 Å². The average molecular weight is 575 g/mol. The molecule has 0 saturated carbocycles. The molecule has 10 heteroatoms. The second-order valence-corrected chi connectivity index (χ2v) is 25.9. The van der Waals surface area contributed by atoms with Gasteiger partial charge in [0.05, 0.1) is 0 Å². The van der Waals surface area contributed by atoms with Crippen LogP contribution in [0.5, 0.6) is 0 Å². The van der Waals surface area contributed by atoms with Gasteiger partial charge in [0, 0.05) is 0 Å². The fourth-order valence-corrected chi connectivity index (χ4v) is 8.54. The summed E-state index contributed by atoms with van der Waals surface area (Å²) in [7, 11) is -3.87. The van der Waals surface area contributed by atoms with E-state index in [0.717, 1.165) is 18.4 Å². The van der Waals surface area contributed by atoms with Crippen molar-refractivity contribution in [2.75, 3.05) is 5.32 Å². The van der Waals surface area contributed by atoms with Gasteiger partial charge in [-0.2, -0.15) is 0 Å². The van der Waals surface area contributed by atoms with Crippen LogP contribution in [-0.2, 0) is 21.2 Å². The van der Waals surface area contributed by atoms with Crippen LogP contribution in [0.1, 0.15) is 10.7 Å². The van der Waals surface area contributed by atoms with E-state index in [4.69, 9.17) is 0 Å². The summed E-state index contributed by atoms with van der Waals surface area (Å²) in [5, 5.41) is 10.6. The van der Waals surface area contributed by atoms with Gasteiger partial charge in [-0.15, -0.1) is 0 Å². The van der Waals surface area contributed by atoms with Gasteiger partial charge in [0.1, 0.15) is 0 Å². The Balaban J connectivity index is 1.80. The number of carbonyl (C=O) groups is 1. The Morgan fingerprint density at radius 2 is 1.88 bits per heavy atom. The van der Waals surface area contributed by atoms with Crippen molar-refractivity contribution < 1.29 is 13.2 Å². The van der Waals surface area contributed by atoms with Gasteiger partial charge in [-0.25, -0.2) is 0 Å². The van der Waals surface area contributed by atoms with E-state index in [-0.39, 0.29) is 17.2 Å². The molecule has 4 rings (SSSR count). The average Bonchev–Trinajstić information content (AvgIpc) is 3.34. The van der Waals surface area contributed by atoms with E-state index < -0.39 is 28.4 Å². The molecule has 0 radical (unpaired) electrons. The number of fused-ring (bicyclic) bond motifs is 1. The minimum absolute atomic E-state index is 0.158. The molecular weight excluding hydrogens is 551 g/mol. The molecule has 0 saturated heterocycles. The number of aromatic nitrogens is 3. The monoisotopic (exact) mass is 576 g/mol. The van der Waals surface area contributed by atoms with E-state index in [1.165, 1.54) is 17.5 Å². The van der Waals surface area contributed by atoms with Gasteiger partial charge in [0.2, 0.25) is 0 Å². The first kappa shape index (κ1) is 22.9. The molecule has 0 aliphatic carbocycles. The Morgan fingerprint density at radius 1 is 1.16 bits per heavy atom. The van der Waals surface area contributed by atoms with Crippen molar-refractivity contribution in [2.24, 2.45) is 0 Å². The molecule has 0 aliphatic heterocycles. The molecule has 2 heterocycles. The van der Waals surface area contributed by atoms with E-state index >= 15 is 0 Å². The van der Waals surface area contributed by atoms with Gasteiger partial charge in [-0.3, -0.25) is 0 Å². The van der Waals surface area contributed by atoms with E-state index in [1.807, 2.05) is 24.4 Å². The number of rotatable bonds is 6. The van der Waals surface area contributed by atoms with Crippen molar-refractivity contribution in [2.45, 2.75) is 33.1 Å². The molecule has 166 valence electrons. The molecule has 0 unspecified atom stereocenters. The van der Waals surface area contributed by atoms with E-state index in [1.54, 1.807) is 30.3 Å². The molecule has 32 heavy (non-hydrogen) atoms. The van der Waals surface area contributed by atoms with E-state index in [2.05, 4.69) is 30.2 Å². The number of amides is 1. The van der Waals surface area contributed by atoms with Crippen LogP contribution in [0.2, 0.25) is 14.8 Å². The zero-order valence-electron chi connectivity index (χ0n) is 18.3. The summed E-state index contributed by atoms with van der Waals surface area (Å²) < 4.78 is 28.7. The zero-order valence-corrected chi connectivity index (χ0v) is 22.8. The Morgan fingerprint density at radius 3 is 2.50 bits per heavy atom. The van der Waals surface area contributed by atoms with Gasteiger partial charge in [0.15, 0.2) is 0 Å². The predicted octanol–water partition coefficient (Wildman–Crippen LogP) is 3.76. The van der Waals surface area contributed by atoms with Crippen LogP contribution in [-0.4, -0.2) is 46.9 Å². The number of benzene rings is 2. The molecule has 1 N–H and O–H groups in total. The van der Waals surface area contributed by atoms with Crippen molar-refractivity contribution in [3.63, 3.8) is 0 Å². The van der Waals surface area contributed by atoms with E-state index in [9.17, 15) is 13.2 Å². The van der Waals surface area contributed by atoms with Crippen molar-refractivity contribution >= 4 is 65.8 Å². The Hall–Kier alpha value is -2.24. The van der Waals surface area contributed by atoms with Crippen LogP contribution in [0, 0.1) is 6.92 Å². The summed E-state index contributed by atoms with van der Waals surface area (Å²) in [5.41, 5.74) is 1.77. The fraction of sp³-hybridized carbons (Fsp3) is 0.227. The molecule has 0 spiro atoms. The molecule has 2 aromatic heterocycles. The van der Waals surface area contributed by atoms with Gasteiger partial charge in [-0.1, -0.05) is 0 Å². The molecular formula is C22H24N4O3S2Sn. The Bertz CT molecular complexity index is 1400. The molecule has 1 amide bonds. The van der Waals surface area contributed by atoms with Crippen molar-refractivity contribution in [3.05, 3.63) is 64.7 Å². The summed E-state index contributed by atoms with van der Waals surface area (Å²) >= 11 is -1.13. The number of nitrogens with zero attached hydrogens (tertiary/aromatic N) is 3. The van der Waals surface area contributed by atoms with Crippen molar-refractivity contribution in [3.8, 4) is 0 Å². The summed E-state index contributed by atoms with van der Waals surface area (Å²) in [6, 6.07) is 12.1. The first-order valence-corrected chi connectivity index (χ1v) is 22.4. The zero-order chi connectivity index (χ0) is 23.1. The standard InChI is InChI=1S/C19H15N4O3S2.3CH3.Sn/c1-13-21-14(12-27-13)10-19(24)22-17-8-5-9-18-16(17)11-20-23(18)28(25,26)15-6-3-2-4-7-15;;;;/h2-4,6-9,11-12H,10H2,1H3,(H,22,24);3*1H3;.